The van der Waals surface area contributed by atoms with Crippen LogP contribution in [0.15, 0.2) is 29.5 Å². The van der Waals surface area contributed by atoms with Crippen molar-refractivity contribution in [3.05, 3.63) is 46.1 Å². The van der Waals surface area contributed by atoms with Gasteiger partial charge in [-0.2, -0.15) is 0 Å². The number of nitrogens with one attached hydrogen (secondary N) is 2. The van der Waals surface area contributed by atoms with Crippen LogP contribution >= 0.6 is 0 Å². The number of hydrogen-bond donors (Lipinski definition) is 2. The van der Waals surface area contributed by atoms with Gasteiger partial charge in [0.15, 0.2) is 5.78 Å². The molecule has 0 spiro atoms. The Hall–Kier alpha value is -3.33. The number of piperazine rings is 1. The number of Topliss-reactive ketones (excluding diaryl/α,β-unsaturated/α-hetero) is 1. The van der Waals surface area contributed by atoms with Gasteiger partial charge in [0, 0.05) is 48.9 Å². The maximum absolute atomic E-state index is 13.4. The molecule has 1 aliphatic carbocycles. The molecule has 3 aromatic rings. The molecule has 0 atom stereocenters. The van der Waals surface area contributed by atoms with Crippen LogP contribution in [-0.4, -0.2) is 50.5 Å². The Morgan fingerprint density at radius 2 is 1.86 bits per heavy atom. The highest BCUT2D eigenvalue weighted by atomic mass is 16.1. The third-order valence-corrected chi connectivity index (χ3v) is 7.19. The lowest BCUT2D eigenvalue weighted by Crippen LogP contribution is -2.57. The van der Waals surface area contributed by atoms with Crippen LogP contribution in [0.5, 0.6) is 0 Å². The zero-order valence-corrected chi connectivity index (χ0v) is 20.9. The number of anilines is 3. The molecule has 184 valence electrons. The van der Waals surface area contributed by atoms with Gasteiger partial charge in [0.25, 0.3) is 5.56 Å². The summed E-state index contributed by atoms with van der Waals surface area (Å²) in [6.07, 6.45) is 9.29. The van der Waals surface area contributed by atoms with Gasteiger partial charge in [0.05, 0.1) is 23.5 Å². The van der Waals surface area contributed by atoms with Crippen LogP contribution in [0.3, 0.4) is 0 Å². The number of ketones is 1. The number of hydrogen-bond acceptors (Lipinski definition) is 8. The summed E-state index contributed by atoms with van der Waals surface area (Å²) in [6, 6.07) is 1.99. The third kappa shape index (κ3) is 4.52. The van der Waals surface area contributed by atoms with Gasteiger partial charge in [-0.25, -0.2) is 15.0 Å². The Morgan fingerprint density at radius 1 is 1.11 bits per heavy atom. The first kappa shape index (κ1) is 23.4. The quantitative estimate of drug-likeness (QED) is 0.538. The first-order valence-electron chi connectivity index (χ1n) is 12.4. The van der Waals surface area contributed by atoms with Crippen molar-refractivity contribution in [3.63, 3.8) is 0 Å². The minimum Gasteiger partial charge on any atom is -0.352 e. The van der Waals surface area contributed by atoms with Crippen molar-refractivity contribution < 1.29 is 4.79 Å². The predicted molar refractivity (Wildman–Crippen MR) is 138 cm³/mol. The van der Waals surface area contributed by atoms with E-state index in [0.29, 0.717) is 17.2 Å². The molecule has 1 aliphatic heterocycles. The SMILES string of the molecule is CC(=O)c1c(C)c2cnc(Nc3cnc(N4CCNC(C)(C)C4)cn3)cc2n(C2CCCC2)c1=O. The summed E-state index contributed by atoms with van der Waals surface area (Å²) in [4.78, 5) is 41.7. The number of fused-ring (bicyclic) bond motifs is 1. The molecule has 0 bridgehead atoms. The molecule has 9 heteroatoms. The lowest BCUT2D eigenvalue weighted by Gasteiger charge is -2.39. The fraction of sp³-hybridized carbons (Fsp3) is 0.500. The molecule has 35 heavy (non-hydrogen) atoms. The maximum atomic E-state index is 13.4. The number of aryl methyl sites for hydroxylation is 1. The molecule has 9 nitrogen and oxygen atoms in total. The topological polar surface area (TPSA) is 105 Å². The van der Waals surface area contributed by atoms with E-state index < -0.39 is 0 Å². The second-order valence-electron chi connectivity index (χ2n) is 10.4. The number of nitrogens with zero attached hydrogens (tertiary/aromatic N) is 5. The molecule has 2 fully saturated rings. The van der Waals surface area contributed by atoms with E-state index in [9.17, 15) is 9.59 Å². The zero-order chi connectivity index (χ0) is 24.7. The van der Waals surface area contributed by atoms with E-state index in [1.54, 1.807) is 18.6 Å². The fourth-order valence-electron chi connectivity index (χ4n) is 5.48. The Kier molecular flexibility index (Phi) is 6.04. The van der Waals surface area contributed by atoms with E-state index in [1.807, 2.05) is 17.6 Å². The van der Waals surface area contributed by atoms with E-state index in [0.717, 1.165) is 62.0 Å². The Balaban J connectivity index is 1.48. The summed E-state index contributed by atoms with van der Waals surface area (Å²) < 4.78 is 1.82. The van der Waals surface area contributed by atoms with Crippen molar-refractivity contribution in [2.45, 2.75) is 65.0 Å². The summed E-state index contributed by atoms with van der Waals surface area (Å²) in [5.74, 6) is 1.82. The lowest BCUT2D eigenvalue weighted by molar-refractivity contribution is 0.101. The third-order valence-electron chi connectivity index (χ3n) is 7.19. The molecule has 0 unspecified atom stereocenters. The summed E-state index contributed by atoms with van der Waals surface area (Å²) in [5.41, 5.74) is 1.59. The summed E-state index contributed by atoms with van der Waals surface area (Å²) in [7, 11) is 0. The average Bonchev–Trinajstić information content (AvgIpc) is 3.33. The highest BCUT2D eigenvalue weighted by Crippen LogP contribution is 2.33. The molecule has 0 aromatic carbocycles. The molecule has 0 amide bonds. The van der Waals surface area contributed by atoms with Crippen LogP contribution in [0.1, 0.15) is 68.4 Å². The van der Waals surface area contributed by atoms with E-state index in [2.05, 4.69) is 44.3 Å². The normalized spacial score (nSPS) is 18.2. The predicted octanol–water partition coefficient (Wildman–Crippen LogP) is 3.74. The van der Waals surface area contributed by atoms with Crippen molar-refractivity contribution >= 4 is 34.1 Å². The smallest absolute Gasteiger partial charge is 0.262 e. The number of carbonyl (C=O) groups is 1. The van der Waals surface area contributed by atoms with E-state index in [1.165, 1.54) is 6.92 Å². The Bertz CT molecular complexity index is 1320. The second-order valence-corrected chi connectivity index (χ2v) is 10.4. The van der Waals surface area contributed by atoms with Crippen molar-refractivity contribution in [2.24, 2.45) is 0 Å². The largest absolute Gasteiger partial charge is 0.352 e. The zero-order valence-electron chi connectivity index (χ0n) is 20.9. The van der Waals surface area contributed by atoms with Crippen LogP contribution < -0.4 is 21.1 Å². The molecule has 0 radical (unpaired) electrons. The van der Waals surface area contributed by atoms with Crippen molar-refractivity contribution in [2.75, 3.05) is 29.9 Å². The first-order chi connectivity index (χ1) is 16.7. The molecule has 1 saturated carbocycles. The van der Waals surface area contributed by atoms with Gasteiger partial charge in [0.2, 0.25) is 0 Å². The number of aromatic nitrogens is 4. The lowest BCUT2D eigenvalue weighted by atomic mass is 10.0. The molecule has 4 heterocycles. The second kappa shape index (κ2) is 9.03. The minimum atomic E-state index is -0.202. The van der Waals surface area contributed by atoms with Crippen molar-refractivity contribution in [1.29, 1.82) is 0 Å². The standard InChI is InChI=1S/C26H33N7O2/c1-16-19-12-27-21(11-20(19)33(18-7-5-6-8-18)25(35)24(16)17(2)34)31-22-13-29-23(14-28-22)32-10-9-30-26(3,4)15-32/h11-14,18,30H,5-10,15H2,1-4H3,(H,27,28,31). The van der Waals surface area contributed by atoms with Gasteiger partial charge in [-0.05, 0) is 46.1 Å². The van der Waals surface area contributed by atoms with Crippen LogP contribution in [0.4, 0.5) is 17.5 Å². The van der Waals surface area contributed by atoms with E-state index in [-0.39, 0.29) is 28.5 Å². The van der Waals surface area contributed by atoms with Gasteiger partial charge >= 0.3 is 0 Å². The van der Waals surface area contributed by atoms with E-state index >= 15 is 0 Å². The van der Waals surface area contributed by atoms with Gasteiger partial charge in [-0.15, -0.1) is 0 Å². The van der Waals surface area contributed by atoms with Gasteiger partial charge < -0.3 is 20.1 Å². The molecule has 2 N–H and O–H groups in total. The first-order valence-corrected chi connectivity index (χ1v) is 12.4. The Labute approximate surface area is 205 Å². The molecular formula is C26H33N7O2. The number of carbonyl (C=O) groups excluding carboxylic acids is 1. The van der Waals surface area contributed by atoms with Crippen LogP contribution in [0.2, 0.25) is 0 Å². The van der Waals surface area contributed by atoms with E-state index in [4.69, 9.17) is 0 Å². The molecule has 3 aromatic heterocycles. The summed E-state index contributed by atoms with van der Waals surface area (Å²) in [6.45, 7) is 10.3. The summed E-state index contributed by atoms with van der Waals surface area (Å²) in [5, 5.41) is 7.57. The highest BCUT2D eigenvalue weighted by molar-refractivity contribution is 6.00. The fourth-order valence-corrected chi connectivity index (χ4v) is 5.48. The van der Waals surface area contributed by atoms with Crippen molar-refractivity contribution in [3.8, 4) is 0 Å². The van der Waals surface area contributed by atoms with Crippen LogP contribution in [0, 0.1) is 6.92 Å². The summed E-state index contributed by atoms with van der Waals surface area (Å²) >= 11 is 0. The monoisotopic (exact) mass is 475 g/mol. The van der Waals surface area contributed by atoms with Gasteiger partial charge in [0.1, 0.15) is 17.5 Å². The van der Waals surface area contributed by atoms with Gasteiger partial charge in [-0.1, -0.05) is 12.8 Å². The molecule has 2 aliphatic rings. The molecule has 5 rings (SSSR count). The highest BCUT2D eigenvalue weighted by Gasteiger charge is 2.27. The van der Waals surface area contributed by atoms with Gasteiger partial charge in [-0.3, -0.25) is 9.59 Å². The van der Waals surface area contributed by atoms with Crippen molar-refractivity contribution in [1.82, 2.24) is 24.8 Å². The minimum absolute atomic E-state index is 0.0291. The number of rotatable bonds is 5. The maximum Gasteiger partial charge on any atom is 0.262 e. The number of pyridine rings is 2. The van der Waals surface area contributed by atoms with Crippen LogP contribution in [0.25, 0.3) is 10.9 Å². The molecular weight excluding hydrogens is 442 g/mol. The van der Waals surface area contributed by atoms with Crippen LogP contribution in [-0.2, 0) is 0 Å². The molecule has 1 saturated heterocycles. The Morgan fingerprint density at radius 3 is 2.51 bits per heavy atom. The average molecular weight is 476 g/mol.